The second-order valence-corrected chi connectivity index (χ2v) is 12.2. The largest absolute Gasteiger partial charge is 2.00 e. The van der Waals surface area contributed by atoms with Crippen LogP contribution in [0.15, 0.2) is 82.5 Å². The fraction of sp³-hybridized carbons (Fsp3) is 0.467. The van der Waals surface area contributed by atoms with E-state index in [-0.39, 0.29) is 70.2 Å². The van der Waals surface area contributed by atoms with Gasteiger partial charge in [-0.15, -0.1) is 0 Å². The Morgan fingerprint density at radius 1 is 0.605 bits per heavy atom. The summed E-state index contributed by atoms with van der Waals surface area (Å²) < 4.78 is 101. The molecule has 0 unspecified atom stereocenters. The van der Waals surface area contributed by atoms with E-state index in [1.165, 1.54) is 62.1 Å². The van der Waals surface area contributed by atoms with Crippen molar-refractivity contribution in [1.82, 2.24) is 0 Å². The molecule has 0 aliphatic heterocycles. The minimum absolute atomic E-state index is 0. The minimum atomic E-state index is -4.49. The molecule has 0 atom stereocenters. The molecule has 0 fully saturated rings. The number of unbranched alkanes of at least 4 members (excludes halogenated alkanes) is 10. The Morgan fingerprint density at radius 2 is 0.907 bits per heavy atom. The smallest absolute Gasteiger partial charge is 0.744 e. The van der Waals surface area contributed by atoms with Crippen molar-refractivity contribution in [2.45, 2.75) is 101 Å². The summed E-state index contributed by atoms with van der Waals surface area (Å²) in [7, 11) is -8.97. The molecule has 2 aromatic carbocycles. The number of allylic oxidation sites excluding steroid dienone is 2. The average Bonchev–Trinajstić information content (AvgIpc) is 2.92. The van der Waals surface area contributed by atoms with Gasteiger partial charge in [0.2, 0.25) is 0 Å². The van der Waals surface area contributed by atoms with Gasteiger partial charge in [0.05, 0.1) is 9.79 Å². The molecule has 13 heteroatoms. The molecule has 43 heavy (non-hydrogen) atoms. The maximum atomic E-state index is 13.5. The monoisotopic (exact) mass is 768 g/mol. The van der Waals surface area contributed by atoms with Crippen LogP contribution in [0.25, 0.3) is 0 Å². The van der Waals surface area contributed by atoms with Crippen LogP contribution in [-0.2, 0) is 20.2 Å². The molecule has 0 aliphatic rings. The summed E-state index contributed by atoms with van der Waals surface area (Å²) in [4.78, 5) is -0.731. The molecule has 0 saturated carbocycles. The molecule has 0 spiro atoms. The number of rotatable bonds is 18. The molecule has 0 amide bonds. The number of hydrogen-bond acceptors (Lipinski definition) is 8. The Bertz CT molecular complexity index is 1210. The van der Waals surface area contributed by atoms with E-state index in [1.54, 1.807) is 0 Å². The van der Waals surface area contributed by atoms with Gasteiger partial charge in [0.25, 0.3) is 12.0 Å². The van der Waals surface area contributed by atoms with Crippen LogP contribution < -0.4 is 9.47 Å². The van der Waals surface area contributed by atoms with Gasteiger partial charge in [-0.25, -0.2) is 16.8 Å². The maximum absolute atomic E-state index is 13.5. The fourth-order valence-electron chi connectivity index (χ4n) is 3.58. The molecule has 0 heterocycles. The van der Waals surface area contributed by atoms with Gasteiger partial charge in [0.1, 0.15) is 31.7 Å². The summed E-state index contributed by atoms with van der Waals surface area (Å²) in [5.74, 6) is 0.310. The van der Waals surface area contributed by atoms with Crippen LogP contribution in [-0.4, -0.2) is 74.8 Å². The molecule has 2 aromatic rings. The fourth-order valence-corrected chi connectivity index (χ4v) is 4.52. The van der Waals surface area contributed by atoms with E-state index in [1.807, 2.05) is 0 Å². The zero-order valence-electron chi connectivity index (χ0n) is 24.8. The average molecular weight is 768 g/mol. The van der Waals surface area contributed by atoms with E-state index in [9.17, 15) is 34.7 Å². The first kappa shape index (κ1) is 41.8. The van der Waals surface area contributed by atoms with Gasteiger partial charge in [-0.3, -0.25) is 0 Å². The number of ether oxygens (including phenoxy) is 2. The van der Waals surface area contributed by atoms with Gasteiger partial charge in [-0.2, -0.15) is 8.78 Å². The van der Waals surface area contributed by atoms with Crippen molar-refractivity contribution in [3.8, 4) is 11.5 Å². The van der Waals surface area contributed by atoms with E-state index >= 15 is 0 Å². The van der Waals surface area contributed by atoms with Crippen LogP contribution in [0.1, 0.15) is 90.9 Å². The summed E-state index contributed by atoms with van der Waals surface area (Å²) in [5, 5.41) is 0. The van der Waals surface area contributed by atoms with Crippen molar-refractivity contribution in [2.24, 2.45) is 0 Å². The number of hydrogen-bond donors (Lipinski definition) is 0. The third kappa shape index (κ3) is 20.4. The minimum Gasteiger partial charge on any atom is -0.744 e. The molecule has 236 valence electrons. The second kappa shape index (κ2) is 23.2. The second-order valence-electron chi connectivity index (χ2n) is 9.48. The summed E-state index contributed by atoms with van der Waals surface area (Å²) in [6.45, 7) is 4.27. The van der Waals surface area contributed by atoms with E-state index < -0.39 is 32.3 Å². The van der Waals surface area contributed by atoms with Gasteiger partial charge in [0, 0.05) is 0 Å². The quantitative estimate of drug-likeness (QED) is 0.0647. The van der Waals surface area contributed by atoms with Crippen molar-refractivity contribution in [3.63, 3.8) is 0 Å². The van der Waals surface area contributed by atoms with Crippen LogP contribution in [0.2, 0.25) is 0 Å². The first-order valence-corrected chi connectivity index (χ1v) is 16.9. The molecule has 8 nitrogen and oxygen atoms in total. The van der Waals surface area contributed by atoms with Gasteiger partial charge in [-0.05, 0) is 86.4 Å². The van der Waals surface area contributed by atoms with Crippen LogP contribution >= 0.6 is 0 Å². The number of benzene rings is 2. The van der Waals surface area contributed by atoms with Crippen molar-refractivity contribution >= 4 is 69.1 Å². The van der Waals surface area contributed by atoms with Crippen LogP contribution in [0.5, 0.6) is 11.5 Å². The first-order valence-electron chi connectivity index (χ1n) is 14.1. The van der Waals surface area contributed by atoms with Crippen molar-refractivity contribution in [1.29, 1.82) is 0 Å². The van der Waals surface area contributed by atoms with Gasteiger partial charge in [0.15, 0.2) is 0 Å². The Hall–Kier alpha value is -1.23. The molecule has 0 N–H and O–H groups in total. The molecule has 0 saturated heterocycles. The van der Waals surface area contributed by atoms with E-state index in [4.69, 9.17) is 9.47 Å². The zero-order valence-corrected chi connectivity index (χ0v) is 30.9. The summed E-state index contributed by atoms with van der Waals surface area (Å²) in [6, 6.07) is 7.93. The Labute approximate surface area is 295 Å². The predicted octanol–water partition coefficient (Wildman–Crippen LogP) is 7.90. The first-order chi connectivity index (χ1) is 19.9. The predicted molar refractivity (Wildman–Crippen MR) is 161 cm³/mol. The van der Waals surface area contributed by atoms with Gasteiger partial charge >= 0.3 is 48.9 Å². The molecular formula is C30H40BaF2O8S2. The maximum Gasteiger partial charge on any atom is 2.00 e. The van der Waals surface area contributed by atoms with Crippen LogP contribution in [0.4, 0.5) is 8.78 Å². The zero-order chi connectivity index (χ0) is 31.4. The van der Waals surface area contributed by atoms with Crippen molar-refractivity contribution < 1.29 is 44.2 Å². The van der Waals surface area contributed by atoms with Crippen molar-refractivity contribution in [3.05, 3.63) is 72.7 Å². The summed E-state index contributed by atoms with van der Waals surface area (Å²) >= 11 is 0. The normalized spacial score (nSPS) is 12.1. The Kier molecular flexibility index (Phi) is 22.5. The molecule has 0 radical (unpaired) electrons. The third-order valence-electron chi connectivity index (χ3n) is 5.88. The van der Waals surface area contributed by atoms with Crippen LogP contribution in [0, 0.1) is 0 Å². The molecule has 2 rings (SSSR count). The molecular weight excluding hydrogens is 728 g/mol. The standard InChI is InChI=1S/2C15H21FO4S.Ba/c2*1-2-3-4-5-6-7-8-15(16)20-13-9-11-14(12-10-13)21(17,18)19;/h2*8-12H,2-7H2,1H3,(H,17,18,19);/q;;+2/p-2/b2*15-8+;. The summed E-state index contributed by atoms with van der Waals surface area (Å²) in [5.41, 5.74) is 0. The van der Waals surface area contributed by atoms with Gasteiger partial charge in [-0.1, -0.05) is 65.2 Å². The van der Waals surface area contributed by atoms with Gasteiger partial charge < -0.3 is 18.6 Å². The number of halogens is 2. The Balaban J connectivity index is 0.000000802. The van der Waals surface area contributed by atoms with E-state index in [0.717, 1.165) is 62.8 Å². The third-order valence-corrected chi connectivity index (χ3v) is 7.58. The SMILES string of the molecule is CCCCCCC/C=C(\F)Oc1ccc(S(=O)(=O)[O-])cc1.CCCCCCC/C=C(\F)Oc1ccc(S(=O)(=O)[O-])cc1.[Ba+2]. The van der Waals surface area contributed by atoms with E-state index in [2.05, 4.69) is 13.8 Å². The Morgan fingerprint density at radius 3 is 1.19 bits per heavy atom. The molecule has 0 bridgehead atoms. The van der Waals surface area contributed by atoms with Crippen LogP contribution in [0.3, 0.4) is 0 Å². The molecule has 0 aromatic heterocycles. The topological polar surface area (TPSA) is 133 Å². The van der Waals surface area contributed by atoms with Crippen molar-refractivity contribution in [2.75, 3.05) is 0 Å². The van der Waals surface area contributed by atoms with E-state index in [0.29, 0.717) is 12.8 Å². The summed E-state index contributed by atoms with van der Waals surface area (Å²) in [6.07, 6.45) is 14.9. The molecule has 0 aliphatic carbocycles.